The third kappa shape index (κ3) is 4.48. The zero-order valence-corrected chi connectivity index (χ0v) is 19.7. The number of amides is 2. The van der Waals surface area contributed by atoms with Gasteiger partial charge in [-0.15, -0.1) is 0 Å². The molecule has 2 amide bonds. The number of aryl methyl sites for hydroxylation is 1. The number of rotatable bonds is 5. The van der Waals surface area contributed by atoms with Crippen LogP contribution < -0.4 is 21.5 Å². The van der Waals surface area contributed by atoms with E-state index in [-0.39, 0.29) is 22.9 Å². The number of benzene rings is 2. The molecule has 0 aliphatic carbocycles. The standard InChI is InChI=1S/C26H23FN4O3S/c1-15-13-16(7-9-20(15)27)23(33)22-19-8-10-21(32)31(18-5-3-2-4-6-18)25(19)35-24(22)30-26(34)29-17-11-12-28-14-17/h2-10,13,17,28H,11-12,14H2,1H3,(H2,29,30,34). The summed E-state index contributed by atoms with van der Waals surface area (Å²) < 4.78 is 15.4. The zero-order chi connectivity index (χ0) is 24.5. The average Bonchev–Trinajstić information content (AvgIpc) is 3.48. The summed E-state index contributed by atoms with van der Waals surface area (Å²) in [5.41, 5.74) is 1.30. The van der Waals surface area contributed by atoms with E-state index in [4.69, 9.17) is 0 Å². The van der Waals surface area contributed by atoms with E-state index in [1.807, 2.05) is 18.2 Å². The van der Waals surface area contributed by atoms with Gasteiger partial charge >= 0.3 is 6.03 Å². The Hall–Kier alpha value is -3.82. The zero-order valence-electron chi connectivity index (χ0n) is 18.9. The number of fused-ring (bicyclic) bond motifs is 1. The molecule has 3 N–H and O–H groups in total. The van der Waals surface area contributed by atoms with Gasteiger partial charge in [0.2, 0.25) is 0 Å². The van der Waals surface area contributed by atoms with Crippen LogP contribution in [0, 0.1) is 12.7 Å². The minimum absolute atomic E-state index is 0.00854. The number of hydrogen-bond acceptors (Lipinski definition) is 5. The molecule has 0 saturated carbocycles. The molecule has 1 unspecified atom stereocenters. The highest BCUT2D eigenvalue weighted by Crippen LogP contribution is 2.37. The van der Waals surface area contributed by atoms with Gasteiger partial charge in [0.1, 0.15) is 15.6 Å². The van der Waals surface area contributed by atoms with E-state index in [1.54, 1.807) is 25.1 Å². The van der Waals surface area contributed by atoms with Crippen molar-refractivity contribution in [2.24, 2.45) is 0 Å². The molecular formula is C26H23FN4O3S. The van der Waals surface area contributed by atoms with Crippen molar-refractivity contribution in [3.05, 3.63) is 93.5 Å². The van der Waals surface area contributed by atoms with Gasteiger partial charge in [-0.25, -0.2) is 9.18 Å². The monoisotopic (exact) mass is 490 g/mol. The van der Waals surface area contributed by atoms with Crippen LogP contribution in [0.5, 0.6) is 0 Å². The predicted octanol–water partition coefficient (Wildman–Crippen LogP) is 4.21. The maximum Gasteiger partial charge on any atom is 0.320 e. The topological polar surface area (TPSA) is 92.2 Å². The molecule has 35 heavy (non-hydrogen) atoms. The third-order valence-electron chi connectivity index (χ3n) is 6.03. The molecule has 3 heterocycles. The first-order chi connectivity index (χ1) is 16.9. The Morgan fingerprint density at radius 1 is 1.11 bits per heavy atom. The number of thiophene rings is 1. The highest BCUT2D eigenvalue weighted by molar-refractivity contribution is 7.23. The lowest BCUT2D eigenvalue weighted by Crippen LogP contribution is -2.39. The Kier molecular flexibility index (Phi) is 6.19. The molecule has 4 aromatic rings. The predicted molar refractivity (Wildman–Crippen MR) is 135 cm³/mol. The number of aromatic nitrogens is 1. The smallest absolute Gasteiger partial charge is 0.320 e. The summed E-state index contributed by atoms with van der Waals surface area (Å²) in [6, 6.07) is 15.8. The van der Waals surface area contributed by atoms with Crippen molar-refractivity contribution in [3.63, 3.8) is 0 Å². The largest absolute Gasteiger partial charge is 0.334 e. The second-order valence-corrected chi connectivity index (χ2v) is 9.45. The number of carbonyl (C=O) groups is 2. The van der Waals surface area contributed by atoms with Gasteiger partial charge in [0.05, 0.1) is 11.3 Å². The quantitative estimate of drug-likeness (QED) is 0.366. The number of ketones is 1. The Morgan fingerprint density at radius 2 is 1.91 bits per heavy atom. The first-order valence-electron chi connectivity index (χ1n) is 11.3. The van der Waals surface area contributed by atoms with Gasteiger partial charge in [0, 0.05) is 29.6 Å². The van der Waals surface area contributed by atoms with Crippen LogP contribution in [0.3, 0.4) is 0 Å². The number of carbonyl (C=O) groups excluding carboxylic acids is 2. The number of pyridine rings is 1. The number of hydrogen-bond donors (Lipinski definition) is 3. The number of halogens is 1. The van der Waals surface area contributed by atoms with Crippen LogP contribution in [0.4, 0.5) is 14.2 Å². The van der Waals surface area contributed by atoms with Crippen LogP contribution in [-0.4, -0.2) is 35.5 Å². The molecule has 2 aromatic carbocycles. The lowest BCUT2D eigenvalue weighted by atomic mass is 10.0. The summed E-state index contributed by atoms with van der Waals surface area (Å²) >= 11 is 1.16. The number of para-hydroxylation sites is 1. The SMILES string of the molecule is Cc1cc(C(=O)c2c(NC(=O)NC3CCNC3)sc3c2ccc(=O)n3-c2ccccc2)ccc1F. The molecule has 1 atom stereocenters. The molecule has 1 saturated heterocycles. The highest BCUT2D eigenvalue weighted by atomic mass is 32.1. The van der Waals surface area contributed by atoms with Crippen LogP contribution in [0.1, 0.15) is 27.9 Å². The first kappa shape index (κ1) is 22.9. The van der Waals surface area contributed by atoms with Crippen molar-refractivity contribution in [1.29, 1.82) is 0 Å². The van der Waals surface area contributed by atoms with E-state index in [1.165, 1.54) is 28.8 Å². The van der Waals surface area contributed by atoms with E-state index >= 15 is 0 Å². The lowest BCUT2D eigenvalue weighted by Gasteiger charge is -2.12. The molecule has 1 fully saturated rings. The molecule has 7 nitrogen and oxygen atoms in total. The summed E-state index contributed by atoms with van der Waals surface area (Å²) in [6.07, 6.45) is 0.814. The van der Waals surface area contributed by atoms with Gasteiger partial charge in [-0.3, -0.25) is 19.5 Å². The molecule has 0 radical (unpaired) electrons. The summed E-state index contributed by atoms with van der Waals surface area (Å²) in [7, 11) is 0. The minimum atomic E-state index is -0.428. The molecule has 0 bridgehead atoms. The molecule has 2 aromatic heterocycles. The summed E-state index contributed by atoms with van der Waals surface area (Å²) in [5, 5.41) is 9.80. The Balaban J connectivity index is 1.65. The summed E-state index contributed by atoms with van der Waals surface area (Å²) in [5.74, 6) is -0.770. The van der Waals surface area contributed by atoms with E-state index in [2.05, 4.69) is 16.0 Å². The fourth-order valence-electron chi connectivity index (χ4n) is 4.25. The Bertz CT molecular complexity index is 1490. The van der Waals surface area contributed by atoms with Gasteiger partial charge in [0.25, 0.3) is 5.56 Å². The normalized spacial score (nSPS) is 15.3. The molecule has 1 aliphatic heterocycles. The molecular weight excluding hydrogens is 467 g/mol. The van der Waals surface area contributed by atoms with Crippen LogP contribution in [-0.2, 0) is 0 Å². The average molecular weight is 491 g/mol. The van der Waals surface area contributed by atoms with E-state index < -0.39 is 11.8 Å². The van der Waals surface area contributed by atoms with Crippen molar-refractivity contribution in [2.75, 3.05) is 18.4 Å². The van der Waals surface area contributed by atoms with Gasteiger partial charge < -0.3 is 10.6 Å². The van der Waals surface area contributed by atoms with Crippen molar-refractivity contribution < 1.29 is 14.0 Å². The molecule has 9 heteroatoms. The minimum Gasteiger partial charge on any atom is -0.334 e. The van der Waals surface area contributed by atoms with E-state index in [0.717, 1.165) is 24.3 Å². The van der Waals surface area contributed by atoms with Gasteiger partial charge in [-0.2, -0.15) is 0 Å². The van der Waals surface area contributed by atoms with Crippen molar-refractivity contribution in [1.82, 2.24) is 15.2 Å². The van der Waals surface area contributed by atoms with Crippen molar-refractivity contribution >= 4 is 38.4 Å². The fourth-order valence-corrected chi connectivity index (χ4v) is 5.46. The number of urea groups is 1. The van der Waals surface area contributed by atoms with Crippen LogP contribution in [0.25, 0.3) is 15.9 Å². The maximum absolute atomic E-state index is 13.9. The molecule has 5 rings (SSSR count). The highest BCUT2D eigenvalue weighted by Gasteiger charge is 2.25. The number of anilines is 1. The van der Waals surface area contributed by atoms with Gasteiger partial charge in [0.15, 0.2) is 5.78 Å². The van der Waals surface area contributed by atoms with E-state index in [9.17, 15) is 18.8 Å². The summed E-state index contributed by atoms with van der Waals surface area (Å²) in [6.45, 7) is 3.09. The van der Waals surface area contributed by atoms with Gasteiger partial charge in [-0.05, 0) is 61.9 Å². The van der Waals surface area contributed by atoms with Gasteiger partial charge in [-0.1, -0.05) is 29.5 Å². The van der Waals surface area contributed by atoms with Crippen LogP contribution >= 0.6 is 11.3 Å². The number of nitrogens with zero attached hydrogens (tertiary/aromatic N) is 1. The van der Waals surface area contributed by atoms with E-state index in [0.29, 0.717) is 38.6 Å². The second kappa shape index (κ2) is 9.44. The third-order valence-corrected chi connectivity index (χ3v) is 7.13. The second-order valence-electron chi connectivity index (χ2n) is 8.45. The molecule has 178 valence electrons. The van der Waals surface area contributed by atoms with Crippen LogP contribution in [0.15, 0.2) is 65.5 Å². The molecule has 1 aliphatic rings. The lowest BCUT2D eigenvalue weighted by molar-refractivity contribution is 0.104. The van der Waals surface area contributed by atoms with Crippen LogP contribution in [0.2, 0.25) is 0 Å². The Morgan fingerprint density at radius 3 is 2.63 bits per heavy atom. The number of nitrogens with one attached hydrogen (secondary N) is 3. The van der Waals surface area contributed by atoms with Crippen molar-refractivity contribution in [2.45, 2.75) is 19.4 Å². The fraction of sp³-hybridized carbons (Fsp3) is 0.192. The molecule has 0 spiro atoms. The maximum atomic E-state index is 13.9. The summed E-state index contributed by atoms with van der Waals surface area (Å²) in [4.78, 5) is 39.9. The van der Waals surface area contributed by atoms with Crippen molar-refractivity contribution in [3.8, 4) is 5.69 Å². The first-order valence-corrected chi connectivity index (χ1v) is 12.1. The Labute approximate surface area is 204 Å².